The molecule has 0 aliphatic carbocycles. The van der Waals surface area contributed by atoms with E-state index in [2.05, 4.69) is 4.74 Å². The number of benzene rings is 1. The van der Waals surface area contributed by atoms with Gasteiger partial charge in [0.15, 0.2) is 6.10 Å². The summed E-state index contributed by atoms with van der Waals surface area (Å²) in [4.78, 5) is 10.9. The maximum Gasteiger partial charge on any atom is 0.339 e. The molecule has 76 valence electrons. The van der Waals surface area contributed by atoms with E-state index in [1.165, 1.54) is 12.1 Å². The van der Waals surface area contributed by atoms with Crippen molar-refractivity contribution in [2.24, 2.45) is 0 Å². The minimum Gasteiger partial charge on any atom is -0.467 e. The normalized spacial score (nSPS) is 12.3. The van der Waals surface area contributed by atoms with Gasteiger partial charge in [-0.2, -0.15) is 0 Å². The molecule has 1 aromatic rings. The Labute approximate surface area is 85.1 Å². The second-order valence-electron chi connectivity index (χ2n) is 2.56. The van der Waals surface area contributed by atoms with Crippen LogP contribution in [0.3, 0.4) is 0 Å². The molecule has 1 N–H and O–H groups in total. The lowest BCUT2D eigenvalue weighted by Crippen LogP contribution is -2.15. The fraction of sp³-hybridized carbons (Fsp3) is 0.222. The van der Waals surface area contributed by atoms with Gasteiger partial charge < -0.3 is 9.84 Å². The molecule has 0 bridgehead atoms. The Kier molecular flexibility index (Phi) is 3.43. The first-order chi connectivity index (χ1) is 6.57. The number of esters is 1. The van der Waals surface area contributed by atoms with Crippen molar-refractivity contribution in [1.29, 1.82) is 0 Å². The van der Waals surface area contributed by atoms with Gasteiger partial charge >= 0.3 is 5.97 Å². The van der Waals surface area contributed by atoms with Crippen LogP contribution in [0.5, 0.6) is 0 Å². The molecule has 1 aromatic carbocycles. The highest BCUT2D eigenvalue weighted by Crippen LogP contribution is 2.26. The van der Waals surface area contributed by atoms with Gasteiger partial charge in [0, 0.05) is 10.6 Å². The maximum atomic E-state index is 13.1. The van der Waals surface area contributed by atoms with Gasteiger partial charge in [0.1, 0.15) is 5.82 Å². The van der Waals surface area contributed by atoms with Crippen LogP contribution in [0, 0.1) is 5.82 Å². The Balaban J connectivity index is 3.11. The van der Waals surface area contributed by atoms with Crippen molar-refractivity contribution in [3.8, 4) is 0 Å². The molecule has 5 heteroatoms. The largest absolute Gasteiger partial charge is 0.467 e. The quantitative estimate of drug-likeness (QED) is 0.769. The SMILES string of the molecule is COC(=O)[C@H](O)c1c(F)cccc1Cl. The Morgan fingerprint density at radius 2 is 2.29 bits per heavy atom. The molecule has 0 aliphatic rings. The number of aliphatic hydroxyl groups excluding tert-OH is 1. The van der Waals surface area contributed by atoms with E-state index < -0.39 is 17.9 Å². The van der Waals surface area contributed by atoms with Crippen molar-refractivity contribution in [2.75, 3.05) is 7.11 Å². The molecule has 1 rings (SSSR count). The zero-order chi connectivity index (χ0) is 10.7. The van der Waals surface area contributed by atoms with Crippen molar-refractivity contribution in [2.45, 2.75) is 6.10 Å². The van der Waals surface area contributed by atoms with E-state index >= 15 is 0 Å². The lowest BCUT2D eigenvalue weighted by molar-refractivity contribution is -0.150. The highest BCUT2D eigenvalue weighted by atomic mass is 35.5. The van der Waals surface area contributed by atoms with E-state index in [9.17, 15) is 14.3 Å². The van der Waals surface area contributed by atoms with Gasteiger partial charge in [0.25, 0.3) is 0 Å². The van der Waals surface area contributed by atoms with Crippen LogP contribution >= 0.6 is 11.6 Å². The van der Waals surface area contributed by atoms with Gasteiger partial charge in [-0.15, -0.1) is 0 Å². The second kappa shape index (κ2) is 4.39. The first kappa shape index (κ1) is 10.9. The summed E-state index contributed by atoms with van der Waals surface area (Å²) in [7, 11) is 1.10. The van der Waals surface area contributed by atoms with Crippen molar-refractivity contribution >= 4 is 17.6 Å². The number of halogens is 2. The van der Waals surface area contributed by atoms with Gasteiger partial charge in [-0.05, 0) is 12.1 Å². The van der Waals surface area contributed by atoms with Crippen LogP contribution < -0.4 is 0 Å². The number of rotatable bonds is 2. The second-order valence-corrected chi connectivity index (χ2v) is 2.97. The van der Waals surface area contributed by atoms with Crippen LogP contribution in [0.15, 0.2) is 18.2 Å². The summed E-state index contributed by atoms with van der Waals surface area (Å²) < 4.78 is 17.4. The van der Waals surface area contributed by atoms with Crippen molar-refractivity contribution in [1.82, 2.24) is 0 Å². The smallest absolute Gasteiger partial charge is 0.339 e. The average Bonchev–Trinajstić information content (AvgIpc) is 2.16. The topological polar surface area (TPSA) is 46.5 Å². The molecule has 3 nitrogen and oxygen atoms in total. The fourth-order valence-electron chi connectivity index (χ4n) is 1.00. The summed E-state index contributed by atoms with van der Waals surface area (Å²) in [5.41, 5.74) is -0.263. The molecule has 0 aromatic heterocycles. The number of carbonyl (C=O) groups excluding carboxylic acids is 1. The molecule has 0 saturated carbocycles. The third-order valence-electron chi connectivity index (χ3n) is 1.70. The molecule has 0 fully saturated rings. The molecule has 0 radical (unpaired) electrons. The average molecular weight is 219 g/mol. The Morgan fingerprint density at radius 3 is 2.79 bits per heavy atom. The molecule has 0 spiro atoms. The lowest BCUT2D eigenvalue weighted by atomic mass is 10.1. The highest BCUT2D eigenvalue weighted by Gasteiger charge is 2.23. The third kappa shape index (κ3) is 2.02. The number of carbonyl (C=O) groups is 1. The molecule has 0 saturated heterocycles. The highest BCUT2D eigenvalue weighted by molar-refractivity contribution is 6.31. The van der Waals surface area contributed by atoms with E-state index in [0.29, 0.717) is 0 Å². The van der Waals surface area contributed by atoms with Gasteiger partial charge in [-0.1, -0.05) is 17.7 Å². The van der Waals surface area contributed by atoms with Gasteiger partial charge in [-0.25, -0.2) is 9.18 Å². The number of ether oxygens (including phenoxy) is 1. The van der Waals surface area contributed by atoms with E-state index in [4.69, 9.17) is 11.6 Å². The van der Waals surface area contributed by atoms with E-state index in [0.717, 1.165) is 13.2 Å². The Hall–Kier alpha value is -1.13. The summed E-state index contributed by atoms with van der Waals surface area (Å²) in [6.45, 7) is 0. The van der Waals surface area contributed by atoms with Crippen LogP contribution in [0.25, 0.3) is 0 Å². The van der Waals surface area contributed by atoms with Crippen molar-refractivity contribution < 1.29 is 19.0 Å². The molecule has 0 heterocycles. The first-order valence-electron chi connectivity index (χ1n) is 3.77. The third-order valence-corrected chi connectivity index (χ3v) is 2.03. The molecule has 1 atom stereocenters. The van der Waals surface area contributed by atoms with Crippen molar-refractivity contribution in [3.63, 3.8) is 0 Å². The number of hydrogen-bond donors (Lipinski definition) is 1. The minimum atomic E-state index is -1.69. The van der Waals surface area contributed by atoms with Crippen LogP contribution in [0.1, 0.15) is 11.7 Å². The molecule has 0 amide bonds. The van der Waals surface area contributed by atoms with Crippen LogP contribution in [0.2, 0.25) is 5.02 Å². The Bertz CT molecular complexity index is 334. The number of methoxy groups -OCH3 is 1. The minimum absolute atomic E-state index is 0.0112. The summed E-state index contributed by atoms with van der Waals surface area (Å²) >= 11 is 5.62. The van der Waals surface area contributed by atoms with Gasteiger partial charge in [0.05, 0.1) is 7.11 Å². The Morgan fingerprint density at radius 1 is 1.64 bits per heavy atom. The number of hydrogen-bond acceptors (Lipinski definition) is 3. The summed E-state index contributed by atoms with van der Waals surface area (Å²) in [6, 6.07) is 3.87. The monoisotopic (exact) mass is 218 g/mol. The van der Waals surface area contributed by atoms with Crippen LogP contribution in [-0.2, 0) is 9.53 Å². The summed E-state index contributed by atoms with van der Waals surface area (Å²) in [5, 5.41) is 9.34. The molecule has 0 unspecified atom stereocenters. The predicted molar refractivity (Wildman–Crippen MR) is 48.4 cm³/mol. The van der Waals surface area contributed by atoms with E-state index in [-0.39, 0.29) is 10.6 Å². The molecule has 0 aliphatic heterocycles. The maximum absolute atomic E-state index is 13.1. The van der Waals surface area contributed by atoms with Gasteiger partial charge in [0.2, 0.25) is 0 Å². The summed E-state index contributed by atoms with van der Waals surface area (Å²) in [5.74, 6) is -1.69. The van der Waals surface area contributed by atoms with Crippen LogP contribution in [-0.4, -0.2) is 18.2 Å². The molecular weight excluding hydrogens is 211 g/mol. The lowest BCUT2D eigenvalue weighted by Gasteiger charge is -2.10. The van der Waals surface area contributed by atoms with Crippen LogP contribution in [0.4, 0.5) is 4.39 Å². The zero-order valence-corrected chi connectivity index (χ0v) is 8.08. The zero-order valence-electron chi connectivity index (χ0n) is 7.33. The number of aliphatic hydroxyl groups is 1. The van der Waals surface area contributed by atoms with Crippen molar-refractivity contribution in [3.05, 3.63) is 34.6 Å². The molecule has 14 heavy (non-hydrogen) atoms. The molecular formula is C9H8ClFO3. The van der Waals surface area contributed by atoms with E-state index in [1.54, 1.807) is 0 Å². The summed E-state index contributed by atoms with van der Waals surface area (Å²) in [6.07, 6.45) is -1.69. The predicted octanol–water partition coefficient (Wildman–Crippen LogP) is 1.69. The fourth-order valence-corrected chi connectivity index (χ4v) is 1.27. The standard InChI is InChI=1S/C9H8ClFO3/c1-14-9(13)8(12)7-5(10)3-2-4-6(7)11/h2-4,8,12H,1H3/t8-/m1/s1. The first-order valence-corrected chi connectivity index (χ1v) is 4.15. The van der Waals surface area contributed by atoms with Gasteiger partial charge in [-0.3, -0.25) is 0 Å². The van der Waals surface area contributed by atoms with E-state index in [1.807, 2.05) is 0 Å².